The standard InChI is InChI=1S/C27H33F2NO5Si/c1-5-35-19-9-10-20-17(13-19)11-12-30(25(32)7-6-8-26(33)34)27(20)23(31)15-18-14-22(29)24(16-21(18)28)36(2,3)4/h9-10,13-14,16,27H,5-8,11-12,15H2,1-4H3,(H,33,34)/t27-/m1/s1. The minimum atomic E-state index is -2.12. The lowest BCUT2D eigenvalue weighted by atomic mass is 9.87. The van der Waals surface area contributed by atoms with Gasteiger partial charge in [-0.1, -0.05) is 25.7 Å². The number of amides is 1. The first-order valence-electron chi connectivity index (χ1n) is 12.2. The quantitative estimate of drug-likeness (QED) is 0.473. The molecule has 2 aromatic rings. The van der Waals surface area contributed by atoms with Crippen LogP contribution in [0.4, 0.5) is 8.78 Å². The van der Waals surface area contributed by atoms with Crippen molar-refractivity contribution in [2.24, 2.45) is 0 Å². The smallest absolute Gasteiger partial charge is 0.303 e. The fraction of sp³-hybridized carbons (Fsp3) is 0.444. The molecule has 0 spiro atoms. The summed E-state index contributed by atoms with van der Waals surface area (Å²) in [6, 6.07) is 6.63. The lowest BCUT2D eigenvalue weighted by molar-refractivity contribution is -0.141. The second kappa shape index (κ2) is 11.3. The zero-order valence-corrected chi connectivity index (χ0v) is 22.2. The molecule has 0 fully saturated rings. The molecule has 0 unspecified atom stereocenters. The Labute approximate surface area is 211 Å². The van der Waals surface area contributed by atoms with Crippen molar-refractivity contribution in [2.45, 2.75) is 64.7 Å². The number of hydrogen-bond acceptors (Lipinski definition) is 4. The van der Waals surface area contributed by atoms with Gasteiger partial charge in [-0.3, -0.25) is 14.4 Å². The Morgan fingerprint density at radius 1 is 1.08 bits per heavy atom. The van der Waals surface area contributed by atoms with Crippen LogP contribution in [0.1, 0.15) is 48.9 Å². The molecule has 3 rings (SSSR count). The Morgan fingerprint density at radius 3 is 2.44 bits per heavy atom. The van der Waals surface area contributed by atoms with E-state index in [2.05, 4.69) is 0 Å². The number of fused-ring (bicyclic) bond motifs is 1. The normalized spacial score (nSPS) is 15.4. The topological polar surface area (TPSA) is 83.9 Å². The number of carbonyl (C=O) groups is 3. The van der Waals surface area contributed by atoms with E-state index in [1.54, 1.807) is 12.1 Å². The number of carbonyl (C=O) groups excluding carboxylic acids is 2. The molecule has 36 heavy (non-hydrogen) atoms. The molecular weight excluding hydrogens is 484 g/mol. The van der Waals surface area contributed by atoms with Crippen LogP contribution in [0.2, 0.25) is 19.6 Å². The molecule has 0 radical (unpaired) electrons. The minimum Gasteiger partial charge on any atom is -0.494 e. The SMILES string of the molecule is CCOc1ccc2c(c1)CCN(C(=O)CCCC(=O)O)[C@H]2C(=O)Cc1cc(F)c([Si](C)(C)C)cc1F. The number of Topliss-reactive ketones (excluding diaryl/α,β-unsaturated/α-hetero) is 1. The number of rotatable bonds is 10. The highest BCUT2D eigenvalue weighted by Gasteiger charge is 2.36. The van der Waals surface area contributed by atoms with Gasteiger partial charge in [0.05, 0.1) is 14.7 Å². The summed E-state index contributed by atoms with van der Waals surface area (Å²) in [5.41, 5.74) is 1.44. The lowest BCUT2D eigenvalue weighted by Crippen LogP contribution is -2.44. The minimum absolute atomic E-state index is 0.0175. The van der Waals surface area contributed by atoms with Crippen LogP contribution in [0.25, 0.3) is 0 Å². The van der Waals surface area contributed by atoms with E-state index in [0.717, 1.165) is 11.6 Å². The molecule has 1 amide bonds. The van der Waals surface area contributed by atoms with Crippen molar-refractivity contribution in [3.63, 3.8) is 0 Å². The molecule has 6 nitrogen and oxygen atoms in total. The highest BCUT2D eigenvalue weighted by Crippen LogP contribution is 2.34. The maximum atomic E-state index is 15.0. The van der Waals surface area contributed by atoms with Gasteiger partial charge < -0.3 is 14.7 Å². The summed E-state index contributed by atoms with van der Waals surface area (Å²) in [6.07, 6.45) is 0.111. The van der Waals surface area contributed by atoms with Crippen LogP contribution in [0.5, 0.6) is 5.75 Å². The molecule has 9 heteroatoms. The molecule has 0 aromatic heterocycles. The molecule has 1 N–H and O–H groups in total. The second-order valence-electron chi connectivity index (χ2n) is 10.1. The number of halogens is 2. The Hall–Kier alpha value is -3.07. The molecule has 194 valence electrons. The maximum absolute atomic E-state index is 15.0. The Morgan fingerprint density at radius 2 is 1.81 bits per heavy atom. The molecular formula is C27H33F2NO5Si. The zero-order chi connectivity index (χ0) is 26.6. The highest BCUT2D eigenvalue weighted by molar-refractivity contribution is 6.88. The van der Waals surface area contributed by atoms with E-state index < -0.39 is 37.5 Å². The third-order valence-corrected chi connectivity index (χ3v) is 8.37. The largest absolute Gasteiger partial charge is 0.494 e. The van der Waals surface area contributed by atoms with Gasteiger partial charge in [0.2, 0.25) is 5.91 Å². The number of ether oxygens (including phenoxy) is 1. The number of hydrogen-bond donors (Lipinski definition) is 1. The van der Waals surface area contributed by atoms with Gasteiger partial charge in [-0.05, 0) is 65.9 Å². The van der Waals surface area contributed by atoms with Gasteiger partial charge in [0.25, 0.3) is 0 Å². The van der Waals surface area contributed by atoms with E-state index in [0.29, 0.717) is 29.5 Å². The predicted octanol–water partition coefficient (Wildman–Crippen LogP) is 4.40. The molecule has 1 aliphatic rings. The summed E-state index contributed by atoms with van der Waals surface area (Å²) in [5, 5.41) is 9.26. The monoisotopic (exact) mass is 517 g/mol. The van der Waals surface area contributed by atoms with E-state index in [9.17, 15) is 23.2 Å². The van der Waals surface area contributed by atoms with Gasteiger partial charge in [0.1, 0.15) is 23.4 Å². The van der Waals surface area contributed by atoms with Crippen LogP contribution >= 0.6 is 0 Å². The first kappa shape index (κ1) is 27.5. The predicted molar refractivity (Wildman–Crippen MR) is 135 cm³/mol. The number of carboxylic acids is 1. The van der Waals surface area contributed by atoms with Gasteiger partial charge in [0.15, 0.2) is 5.78 Å². The Bertz CT molecular complexity index is 1160. The first-order chi connectivity index (χ1) is 16.9. The Balaban J connectivity index is 1.94. The van der Waals surface area contributed by atoms with Crippen LogP contribution in [-0.4, -0.2) is 48.9 Å². The summed E-state index contributed by atoms with van der Waals surface area (Å²) in [4.78, 5) is 38.9. The van der Waals surface area contributed by atoms with Gasteiger partial charge in [-0.2, -0.15) is 0 Å². The third kappa shape index (κ3) is 6.37. The summed E-state index contributed by atoms with van der Waals surface area (Å²) in [6.45, 7) is 8.35. The van der Waals surface area contributed by atoms with Gasteiger partial charge >= 0.3 is 5.97 Å². The van der Waals surface area contributed by atoms with E-state index in [-0.39, 0.29) is 43.7 Å². The van der Waals surface area contributed by atoms with Gasteiger partial charge in [0, 0.05) is 25.8 Å². The van der Waals surface area contributed by atoms with Gasteiger partial charge in [-0.25, -0.2) is 8.78 Å². The molecule has 1 atom stereocenters. The number of aliphatic carboxylic acids is 1. The zero-order valence-electron chi connectivity index (χ0n) is 21.2. The van der Waals surface area contributed by atoms with E-state index in [1.807, 2.05) is 32.6 Å². The Kier molecular flexibility index (Phi) is 8.66. The molecule has 0 saturated carbocycles. The highest BCUT2D eigenvalue weighted by atomic mass is 28.3. The average molecular weight is 518 g/mol. The summed E-state index contributed by atoms with van der Waals surface area (Å²) < 4.78 is 35.4. The molecule has 0 bridgehead atoms. The van der Waals surface area contributed by atoms with E-state index >= 15 is 0 Å². The lowest BCUT2D eigenvalue weighted by Gasteiger charge is -2.37. The van der Waals surface area contributed by atoms with Crippen LogP contribution in [0.3, 0.4) is 0 Å². The molecule has 2 aromatic carbocycles. The van der Waals surface area contributed by atoms with Crippen LogP contribution in [0.15, 0.2) is 30.3 Å². The van der Waals surface area contributed by atoms with Crippen molar-refractivity contribution in [1.29, 1.82) is 0 Å². The molecule has 0 aliphatic carbocycles. The second-order valence-corrected chi connectivity index (χ2v) is 15.1. The van der Waals surface area contributed by atoms with Gasteiger partial charge in [-0.15, -0.1) is 0 Å². The van der Waals surface area contributed by atoms with E-state index in [1.165, 1.54) is 11.0 Å². The van der Waals surface area contributed by atoms with Crippen molar-refractivity contribution in [3.05, 3.63) is 58.7 Å². The van der Waals surface area contributed by atoms with Crippen molar-refractivity contribution >= 4 is 30.9 Å². The number of benzene rings is 2. The summed E-state index contributed by atoms with van der Waals surface area (Å²) >= 11 is 0. The third-order valence-electron chi connectivity index (χ3n) is 6.37. The first-order valence-corrected chi connectivity index (χ1v) is 15.7. The van der Waals surface area contributed by atoms with Crippen molar-refractivity contribution < 1.29 is 33.0 Å². The number of ketones is 1. The molecule has 1 aliphatic heterocycles. The maximum Gasteiger partial charge on any atom is 0.303 e. The van der Waals surface area contributed by atoms with Crippen LogP contribution in [-0.2, 0) is 27.2 Å². The van der Waals surface area contributed by atoms with Crippen molar-refractivity contribution in [1.82, 2.24) is 4.90 Å². The number of nitrogens with zero attached hydrogens (tertiary/aromatic N) is 1. The number of carboxylic acid groups (broad SMARTS) is 1. The van der Waals surface area contributed by atoms with Crippen LogP contribution < -0.4 is 9.92 Å². The van der Waals surface area contributed by atoms with Crippen molar-refractivity contribution in [2.75, 3.05) is 13.2 Å². The molecule has 1 heterocycles. The van der Waals surface area contributed by atoms with Crippen LogP contribution in [0, 0.1) is 11.6 Å². The fourth-order valence-corrected chi connectivity index (χ4v) is 5.94. The van der Waals surface area contributed by atoms with E-state index in [4.69, 9.17) is 9.84 Å². The fourth-order valence-electron chi connectivity index (χ4n) is 4.59. The summed E-state index contributed by atoms with van der Waals surface area (Å²) in [5.74, 6) is -2.27. The molecule has 0 saturated heterocycles. The summed E-state index contributed by atoms with van der Waals surface area (Å²) in [7, 11) is -2.12. The average Bonchev–Trinajstić information content (AvgIpc) is 2.79. The van der Waals surface area contributed by atoms with Crippen molar-refractivity contribution in [3.8, 4) is 5.75 Å².